The number of carboxylic acid groups (broad SMARTS) is 1. The van der Waals surface area contributed by atoms with Gasteiger partial charge in [-0.25, -0.2) is 4.79 Å². The van der Waals surface area contributed by atoms with Gasteiger partial charge in [-0.05, 0) is 25.1 Å². The third-order valence-corrected chi connectivity index (χ3v) is 1.95. The number of methoxy groups -OCH3 is 1. The molecular formula is C11H12O4. The van der Waals surface area contributed by atoms with Crippen LogP contribution in [0.25, 0.3) is 6.08 Å². The van der Waals surface area contributed by atoms with Crippen LogP contribution in [0.15, 0.2) is 23.8 Å². The molecule has 0 radical (unpaired) electrons. The van der Waals surface area contributed by atoms with Crippen molar-refractivity contribution < 1.29 is 19.7 Å². The molecule has 80 valence electrons. The molecule has 0 fully saturated rings. The molecule has 1 aromatic rings. The van der Waals surface area contributed by atoms with E-state index in [0.29, 0.717) is 11.3 Å². The zero-order valence-electron chi connectivity index (χ0n) is 8.52. The quantitative estimate of drug-likeness (QED) is 0.744. The van der Waals surface area contributed by atoms with Crippen LogP contribution in [0, 0.1) is 0 Å². The zero-order valence-corrected chi connectivity index (χ0v) is 8.52. The number of hydrogen-bond acceptors (Lipinski definition) is 3. The molecule has 0 saturated carbocycles. The molecule has 0 bridgehead atoms. The summed E-state index contributed by atoms with van der Waals surface area (Å²) in [7, 11) is 1.49. The fourth-order valence-corrected chi connectivity index (χ4v) is 1.07. The first kappa shape index (κ1) is 11.1. The SMILES string of the molecule is COc1ccc(/C=C(\C)C(=O)O)c(O)c1. The Morgan fingerprint density at radius 2 is 2.13 bits per heavy atom. The minimum atomic E-state index is -1.01. The second-order valence-electron chi connectivity index (χ2n) is 3.06. The molecule has 1 rings (SSSR count). The van der Waals surface area contributed by atoms with Crippen molar-refractivity contribution in [1.29, 1.82) is 0 Å². The largest absolute Gasteiger partial charge is 0.507 e. The van der Waals surface area contributed by atoms with Crippen LogP contribution < -0.4 is 4.74 Å². The van der Waals surface area contributed by atoms with Gasteiger partial charge >= 0.3 is 5.97 Å². The Morgan fingerprint density at radius 3 is 2.60 bits per heavy atom. The normalized spacial score (nSPS) is 11.2. The first-order valence-electron chi connectivity index (χ1n) is 4.33. The van der Waals surface area contributed by atoms with Crippen LogP contribution >= 0.6 is 0 Å². The van der Waals surface area contributed by atoms with Gasteiger partial charge in [-0.15, -0.1) is 0 Å². The monoisotopic (exact) mass is 208 g/mol. The number of phenolic OH excluding ortho intramolecular Hbond substituents is 1. The number of carboxylic acids is 1. The van der Waals surface area contributed by atoms with E-state index in [1.165, 1.54) is 26.2 Å². The summed E-state index contributed by atoms with van der Waals surface area (Å²) in [6.45, 7) is 1.46. The van der Waals surface area contributed by atoms with Gasteiger partial charge in [0.15, 0.2) is 0 Å². The number of aromatic hydroxyl groups is 1. The van der Waals surface area contributed by atoms with Gasteiger partial charge < -0.3 is 14.9 Å². The van der Waals surface area contributed by atoms with Gasteiger partial charge in [-0.2, -0.15) is 0 Å². The lowest BCUT2D eigenvalue weighted by Crippen LogP contribution is -1.95. The van der Waals surface area contributed by atoms with Crippen molar-refractivity contribution in [3.05, 3.63) is 29.3 Å². The summed E-state index contributed by atoms with van der Waals surface area (Å²) < 4.78 is 4.91. The van der Waals surface area contributed by atoms with Crippen molar-refractivity contribution in [3.8, 4) is 11.5 Å². The molecular weight excluding hydrogens is 196 g/mol. The van der Waals surface area contributed by atoms with E-state index in [1.807, 2.05) is 0 Å². The highest BCUT2D eigenvalue weighted by atomic mass is 16.5. The molecule has 0 amide bonds. The Balaban J connectivity index is 3.07. The molecule has 1 aromatic carbocycles. The maximum Gasteiger partial charge on any atom is 0.331 e. The molecule has 0 unspecified atom stereocenters. The minimum Gasteiger partial charge on any atom is -0.507 e. The summed E-state index contributed by atoms with van der Waals surface area (Å²) in [6.07, 6.45) is 1.40. The van der Waals surface area contributed by atoms with E-state index in [1.54, 1.807) is 12.1 Å². The van der Waals surface area contributed by atoms with Crippen LogP contribution in [-0.2, 0) is 4.79 Å². The van der Waals surface area contributed by atoms with Gasteiger partial charge in [0.25, 0.3) is 0 Å². The van der Waals surface area contributed by atoms with E-state index < -0.39 is 5.97 Å². The van der Waals surface area contributed by atoms with E-state index in [-0.39, 0.29) is 11.3 Å². The fraction of sp³-hybridized carbons (Fsp3) is 0.182. The molecule has 0 aliphatic heterocycles. The highest BCUT2D eigenvalue weighted by Gasteiger charge is 2.04. The molecule has 0 aromatic heterocycles. The predicted octanol–water partition coefficient (Wildman–Crippen LogP) is 1.89. The predicted molar refractivity (Wildman–Crippen MR) is 55.9 cm³/mol. The van der Waals surface area contributed by atoms with Crippen molar-refractivity contribution in [2.75, 3.05) is 7.11 Å². The Bertz CT molecular complexity index is 407. The van der Waals surface area contributed by atoms with E-state index >= 15 is 0 Å². The maximum atomic E-state index is 10.6. The van der Waals surface area contributed by atoms with Crippen molar-refractivity contribution in [2.45, 2.75) is 6.92 Å². The van der Waals surface area contributed by atoms with E-state index in [9.17, 15) is 9.90 Å². The average Bonchev–Trinajstić information content (AvgIpc) is 2.20. The summed E-state index contributed by atoms with van der Waals surface area (Å²) in [5.41, 5.74) is 0.617. The van der Waals surface area contributed by atoms with E-state index in [2.05, 4.69) is 0 Å². The lowest BCUT2D eigenvalue weighted by atomic mass is 10.1. The van der Waals surface area contributed by atoms with Crippen LogP contribution in [-0.4, -0.2) is 23.3 Å². The van der Waals surface area contributed by atoms with Gasteiger partial charge in [0.1, 0.15) is 11.5 Å². The maximum absolute atomic E-state index is 10.6. The van der Waals surface area contributed by atoms with Crippen LogP contribution in [0.2, 0.25) is 0 Å². The van der Waals surface area contributed by atoms with E-state index in [0.717, 1.165) is 0 Å². The average molecular weight is 208 g/mol. The van der Waals surface area contributed by atoms with Crippen molar-refractivity contribution in [3.63, 3.8) is 0 Å². The second kappa shape index (κ2) is 4.50. The van der Waals surface area contributed by atoms with Gasteiger partial charge in [0, 0.05) is 17.2 Å². The number of hydrogen-bond donors (Lipinski definition) is 2. The number of benzene rings is 1. The molecule has 0 atom stereocenters. The molecule has 0 aliphatic carbocycles. The summed E-state index contributed by atoms with van der Waals surface area (Å²) >= 11 is 0. The lowest BCUT2D eigenvalue weighted by molar-refractivity contribution is -0.132. The van der Waals surface area contributed by atoms with Crippen LogP contribution in [0.3, 0.4) is 0 Å². The number of phenols is 1. The van der Waals surface area contributed by atoms with Gasteiger partial charge in [0.2, 0.25) is 0 Å². The van der Waals surface area contributed by atoms with Gasteiger partial charge in [0.05, 0.1) is 7.11 Å². The highest BCUT2D eigenvalue weighted by Crippen LogP contribution is 2.25. The topological polar surface area (TPSA) is 66.8 Å². The number of ether oxygens (including phenoxy) is 1. The highest BCUT2D eigenvalue weighted by molar-refractivity contribution is 5.91. The number of carbonyl (C=O) groups is 1. The number of rotatable bonds is 3. The van der Waals surface area contributed by atoms with Crippen molar-refractivity contribution in [1.82, 2.24) is 0 Å². The van der Waals surface area contributed by atoms with Gasteiger partial charge in [-0.1, -0.05) is 0 Å². The van der Waals surface area contributed by atoms with Crippen LogP contribution in [0.1, 0.15) is 12.5 Å². The Kier molecular flexibility index (Phi) is 3.33. The molecule has 15 heavy (non-hydrogen) atoms. The molecule has 0 heterocycles. The van der Waals surface area contributed by atoms with E-state index in [4.69, 9.17) is 9.84 Å². The summed E-state index contributed by atoms with van der Waals surface area (Å²) in [5.74, 6) is -0.488. The third-order valence-electron chi connectivity index (χ3n) is 1.95. The standard InChI is InChI=1S/C11H12O4/c1-7(11(13)14)5-8-3-4-9(15-2)6-10(8)12/h3-6,12H,1-2H3,(H,13,14)/b7-5+. The zero-order chi connectivity index (χ0) is 11.4. The van der Waals surface area contributed by atoms with Gasteiger partial charge in [-0.3, -0.25) is 0 Å². The fourth-order valence-electron chi connectivity index (χ4n) is 1.07. The Morgan fingerprint density at radius 1 is 1.47 bits per heavy atom. The summed E-state index contributed by atoms with van der Waals surface area (Å²) in [6, 6.07) is 4.68. The first-order valence-corrected chi connectivity index (χ1v) is 4.33. The molecule has 2 N–H and O–H groups in total. The molecule has 0 aliphatic rings. The molecule has 0 saturated heterocycles. The Labute approximate surface area is 87.4 Å². The molecule has 4 nitrogen and oxygen atoms in total. The Hall–Kier alpha value is -1.97. The lowest BCUT2D eigenvalue weighted by Gasteiger charge is -2.03. The minimum absolute atomic E-state index is 0.00468. The summed E-state index contributed by atoms with van der Waals surface area (Å²) in [5, 5.41) is 18.2. The smallest absolute Gasteiger partial charge is 0.331 e. The third kappa shape index (κ3) is 2.74. The molecule has 0 spiro atoms. The van der Waals surface area contributed by atoms with Crippen molar-refractivity contribution in [2.24, 2.45) is 0 Å². The van der Waals surface area contributed by atoms with Crippen molar-refractivity contribution >= 4 is 12.0 Å². The van der Waals surface area contributed by atoms with Crippen LogP contribution in [0.5, 0.6) is 11.5 Å². The van der Waals surface area contributed by atoms with Crippen LogP contribution in [0.4, 0.5) is 0 Å². The summed E-state index contributed by atoms with van der Waals surface area (Å²) in [4.78, 5) is 10.6. The first-order chi connectivity index (χ1) is 7.04. The molecule has 4 heteroatoms. The number of aliphatic carboxylic acids is 1. The second-order valence-corrected chi connectivity index (χ2v) is 3.06.